The van der Waals surface area contributed by atoms with Crippen LogP contribution < -0.4 is 0 Å². The number of hydrogen-bond acceptors (Lipinski definition) is 4. The summed E-state index contributed by atoms with van der Waals surface area (Å²) >= 11 is 0. The lowest BCUT2D eigenvalue weighted by Gasteiger charge is -2.03. The minimum absolute atomic E-state index is 0.264. The normalized spacial score (nSPS) is 10.8. The zero-order chi connectivity index (χ0) is 15.6. The van der Waals surface area contributed by atoms with Crippen molar-refractivity contribution in [2.75, 3.05) is 0 Å². The van der Waals surface area contributed by atoms with Crippen LogP contribution in [0.4, 0.5) is 5.82 Å². The first kappa shape index (κ1) is 13.3. The zero-order valence-corrected chi connectivity index (χ0v) is 12.1. The fourth-order valence-corrected chi connectivity index (χ4v) is 2.61. The van der Waals surface area contributed by atoms with Crippen LogP contribution in [0.1, 0.15) is 0 Å². The Hall–Kier alpha value is -3.34. The second kappa shape index (κ2) is 5.46. The van der Waals surface area contributed by atoms with E-state index >= 15 is 0 Å². The number of fused-ring (bicyclic) bond motifs is 1. The minimum atomic E-state index is 0.264. The van der Waals surface area contributed by atoms with Gasteiger partial charge in [-0.1, -0.05) is 54.6 Å². The van der Waals surface area contributed by atoms with E-state index in [0.717, 1.165) is 16.7 Å². The van der Waals surface area contributed by atoms with Crippen molar-refractivity contribution in [2.24, 2.45) is 5.18 Å². The van der Waals surface area contributed by atoms with Gasteiger partial charge in [-0.3, -0.25) is 4.40 Å². The standard InChI is InChI=1S/C18H12N4O/c23-21-17-16(20-18-19-11-4-12-22(17)18)15-9-7-14(8-10-15)13-5-2-1-3-6-13/h1-12H. The molecule has 2 aromatic carbocycles. The molecule has 0 spiro atoms. The highest BCUT2D eigenvalue weighted by Crippen LogP contribution is 2.31. The summed E-state index contributed by atoms with van der Waals surface area (Å²) in [6.45, 7) is 0. The van der Waals surface area contributed by atoms with Gasteiger partial charge in [-0.2, -0.15) is 0 Å². The molecular weight excluding hydrogens is 288 g/mol. The summed E-state index contributed by atoms with van der Waals surface area (Å²) in [6, 6.07) is 19.8. The molecule has 4 aromatic rings. The number of imidazole rings is 1. The van der Waals surface area contributed by atoms with Crippen molar-refractivity contribution >= 4 is 11.6 Å². The molecular formula is C18H12N4O. The van der Waals surface area contributed by atoms with E-state index in [1.165, 1.54) is 0 Å². The van der Waals surface area contributed by atoms with Gasteiger partial charge >= 0.3 is 0 Å². The Morgan fingerprint density at radius 2 is 1.52 bits per heavy atom. The van der Waals surface area contributed by atoms with Crippen molar-refractivity contribution in [3.8, 4) is 22.4 Å². The third kappa shape index (κ3) is 2.28. The first-order valence-corrected chi connectivity index (χ1v) is 7.19. The van der Waals surface area contributed by atoms with Crippen LogP contribution in [0.2, 0.25) is 0 Å². The van der Waals surface area contributed by atoms with Crippen molar-refractivity contribution in [1.82, 2.24) is 14.4 Å². The number of hydrogen-bond donors (Lipinski definition) is 0. The van der Waals surface area contributed by atoms with Crippen molar-refractivity contribution in [2.45, 2.75) is 0 Å². The van der Waals surface area contributed by atoms with E-state index in [0.29, 0.717) is 11.5 Å². The molecule has 0 bridgehead atoms. The first-order chi connectivity index (χ1) is 11.4. The number of benzene rings is 2. The van der Waals surface area contributed by atoms with Crippen LogP contribution in [0.3, 0.4) is 0 Å². The summed E-state index contributed by atoms with van der Waals surface area (Å²) in [7, 11) is 0. The van der Waals surface area contributed by atoms with E-state index in [4.69, 9.17) is 0 Å². The van der Waals surface area contributed by atoms with E-state index in [1.807, 2.05) is 42.5 Å². The lowest BCUT2D eigenvalue weighted by Crippen LogP contribution is -1.84. The van der Waals surface area contributed by atoms with Crippen LogP contribution in [0.15, 0.2) is 78.2 Å². The van der Waals surface area contributed by atoms with Crippen LogP contribution in [-0.2, 0) is 0 Å². The van der Waals surface area contributed by atoms with E-state index in [-0.39, 0.29) is 5.82 Å². The second-order valence-electron chi connectivity index (χ2n) is 5.11. The maximum Gasteiger partial charge on any atom is 0.236 e. The molecule has 0 fully saturated rings. The third-order valence-electron chi connectivity index (χ3n) is 3.73. The number of nitrogens with zero attached hydrogens (tertiary/aromatic N) is 4. The quantitative estimate of drug-likeness (QED) is 0.525. The van der Waals surface area contributed by atoms with Gasteiger partial charge in [0.1, 0.15) is 5.69 Å². The maximum absolute atomic E-state index is 11.2. The molecule has 23 heavy (non-hydrogen) atoms. The smallest absolute Gasteiger partial charge is 0.236 e. The summed E-state index contributed by atoms with van der Waals surface area (Å²) in [5, 5.41) is 3.13. The van der Waals surface area contributed by atoms with Gasteiger partial charge in [-0.05, 0) is 22.4 Å². The molecule has 0 aliphatic rings. The van der Waals surface area contributed by atoms with Crippen molar-refractivity contribution in [1.29, 1.82) is 0 Å². The van der Waals surface area contributed by atoms with Gasteiger partial charge in [0.05, 0.1) is 0 Å². The molecule has 0 saturated heterocycles. The summed E-state index contributed by atoms with van der Waals surface area (Å²) in [4.78, 5) is 19.8. The molecule has 110 valence electrons. The van der Waals surface area contributed by atoms with E-state index in [2.05, 4.69) is 27.3 Å². The summed E-state index contributed by atoms with van der Waals surface area (Å²) in [5.41, 5.74) is 3.63. The van der Waals surface area contributed by atoms with Crippen LogP contribution in [0.5, 0.6) is 0 Å². The van der Waals surface area contributed by atoms with Gasteiger partial charge < -0.3 is 0 Å². The summed E-state index contributed by atoms with van der Waals surface area (Å²) in [5.74, 6) is 0.727. The topological polar surface area (TPSA) is 59.6 Å². The number of nitroso groups, excluding NO2 is 1. The SMILES string of the molecule is O=Nc1c(-c2ccc(-c3ccccc3)cc2)nc2ncccn12. The second-order valence-corrected chi connectivity index (χ2v) is 5.11. The Morgan fingerprint density at radius 3 is 2.26 bits per heavy atom. The highest BCUT2D eigenvalue weighted by molar-refractivity contribution is 5.76. The molecule has 5 heteroatoms. The lowest BCUT2D eigenvalue weighted by atomic mass is 10.0. The largest absolute Gasteiger partial charge is 0.265 e. The Labute approximate surface area is 132 Å². The first-order valence-electron chi connectivity index (χ1n) is 7.19. The third-order valence-corrected chi connectivity index (χ3v) is 3.73. The highest BCUT2D eigenvalue weighted by Gasteiger charge is 2.15. The predicted octanol–water partition coefficient (Wildman–Crippen LogP) is 4.46. The Morgan fingerprint density at radius 1 is 0.826 bits per heavy atom. The summed E-state index contributed by atoms with van der Waals surface area (Å²) < 4.78 is 1.59. The van der Waals surface area contributed by atoms with Crippen molar-refractivity contribution in [3.05, 3.63) is 78.0 Å². The van der Waals surface area contributed by atoms with Gasteiger partial charge in [-0.25, -0.2) is 9.97 Å². The monoisotopic (exact) mass is 300 g/mol. The molecule has 2 aromatic heterocycles. The minimum Gasteiger partial charge on any atom is -0.265 e. The molecule has 0 aliphatic carbocycles. The molecule has 0 amide bonds. The van der Waals surface area contributed by atoms with E-state index < -0.39 is 0 Å². The molecule has 4 rings (SSSR count). The number of aromatic nitrogens is 3. The molecule has 5 nitrogen and oxygen atoms in total. The van der Waals surface area contributed by atoms with Crippen molar-refractivity contribution in [3.63, 3.8) is 0 Å². The van der Waals surface area contributed by atoms with Gasteiger partial charge in [0.25, 0.3) is 0 Å². The molecule has 0 atom stereocenters. The molecule has 0 aliphatic heterocycles. The molecule has 0 radical (unpaired) electrons. The molecule has 0 N–H and O–H groups in total. The summed E-state index contributed by atoms with van der Waals surface area (Å²) in [6.07, 6.45) is 3.37. The van der Waals surface area contributed by atoms with E-state index in [9.17, 15) is 4.91 Å². The fourth-order valence-electron chi connectivity index (χ4n) is 2.61. The lowest BCUT2D eigenvalue weighted by molar-refractivity contribution is 1.10. The molecule has 0 saturated carbocycles. The fraction of sp³-hybridized carbons (Fsp3) is 0. The Balaban J connectivity index is 1.81. The van der Waals surface area contributed by atoms with E-state index in [1.54, 1.807) is 22.9 Å². The van der Waals surface area contributed by atoms with Gasteiger partial charge in [0.15, 0.2) is 0 Å². The van der Waals surface area contributed by atoms with Crippen LogP contribution >= 0.6 is 0 Å². The maximum atomic E-state index is 11.2. The predicted molar refractivity (Wildman–Crippen MR) is 89.3 cm³/mol. The Bertz CT molecular complexity index is 975. The van der Waals surface area contributed by atoms with Crippen LogP contribution in [0, 0.1) is 4.91 Å². The molecule has 0 unspecified atom stereocenters. The van der Waals surface area contributed by atoms with Crippen molar-refractivity contribution < 1.29 is 0 Å². The average molecular weight is 300 g/mol. The van der Waals surface area contributed by atoms with Gasteiger partial charge in [0.2, 0.25) is 11.6 Å². The Kier molecular flexibility index (Phi) is 3.16. The van der Waals surface area contributed by atoms with Gasteiger partial charge in [-0.15, -0.1) is 4.91 Å². The average Bonchev–Trinajstić information content (AvgIpc) is 3.01. The van der Waals surface area contributed by atoms with Crippen LogP contribution in [-0.4, -0.2) is 14.4 Å². The highest BCUT2D eigenvalue weighted by atomic mass is 16.3. The van der Waals surface area contributed by atoms with Gasteiger partial charge in [0, 0.05) is 18.0 Å². The zero-order valence-electron chi connectivity index (χ0n) is 12.1. The molecule has 2 heterocycles. The number of rotatable bonds is 3. The van der Waals surface area contributed by atoms with Crippen LogP contribution in [0.25, 0.3) is 28.2 Å².